The van der Waals surface area contributed by atoms with Gasteiger partial charge in [-0.05, 0) is 30.9 Å². The summed E-state index contributed by atoms with van der Waals surface area (Å²) in [5, 5.41) is 14.4. The summed E-state index contributed by atoms with van der Waals surface area (Å²) < 4.78 is 10.3. The van der Waals surface area contributed by atoms with Gasteiger partial charge in [-0.3, -0.25) is 10.1 Å². The van der Waals surface area contributed by atoms with Crippen LogP contribution in [0.2, 0.25) is 0 Å². The van der Waals surface area contributed by atoms with Gasteiger partial charge in [0.2, 0.25) is 0 Å². The van der Waals surface area contributed by atoms with E-state index in [0.29, 0.717) is 24.4 Å². The standard InChI is InChI=1S/C14H20N2O4/c1-19-12-5-4-11(8-12)15-9-10-3-6-14(20-2)13(7-10)16(17)18/h3,6-7,11-12,15H,4-5,8-9H2,1-2H3. The molecule has 0 heterocycles. The van der Waals surface area contributed by atoms with Crippen LogP contribution in [0.5, 0.6) is 5.75 Å². The Morgan fingerprint density at radius 2 is 2.20 bits per heavy atom. The first kappa shape index (κ1) is 14.7. The quantitative estimate of drug-likeness (QED) is 0.639. The molecule has 0 aliphatic heterocycles. The van der Waals surface area contributed by atoms with E-state index in [1.807, 2.05) is 6.07 Å². The lowest BCUT2D eigenvalue weighted by Gasteiger charge is -2.13. The van der Waals surface area contributed by atoms with Gasteiger partial charge in [0.15, 0.2) is 5.75 Å². The van der Waals surface area contributed by atoms with Crippen molar-refractivity contribution in [2.24, 2.45) is 0 Å². The van der Waals surface area contributed by atoms with Gasteiger partial charge >= 0.3 is 5.69 Å². The van der Waals surface area contributed by atoms with Crippen LogP contribution in [-0.4, -0.2) is 31.3 Å². The fourth-order valence-electron chi connectivity index (χ4n) is 2.59. The minimum atomic E-state index is -0.418. The van der Waals surface area contributed by atoms with Gasteiger partial charge in [0.25, 0.3) is 0 Å². The van der Waals surface area contributed by atoms with Crippen molar-refractivity contribution >= 4 is 5.69 Å². The first-order chi connectivity index (χ1) is 9.63. The Balaban J connectivity index is 1.96. The van der Waals surface area contributed by atoms with Crippen molar-refractivity contribution in [1.82, 2.24) is 5.32 Å². The maximum atomic E-state index is 11.0. The second kappa shape index (κ2) is 6.67. The summed E-state index contributed by atoms with van der Waals surface area (Å²) in [6.07, 6.45) is 3.47. The molecule has 0 saturated heterocycles. The maximum absolute atomic E-state index is 11.0. The number of nitro benzene ring substituents is 1. The predicted octanol–water partition coefficient (Wildman–Crippen LogP) is 2.26. The summed E-state index contributed by atoms with van der Waals surface area (Å²) in [5.41, 5.74) is 0.895. The predicted molar refractivity (Wildman–Crippen MR) is 74.9 cm³/mol. The number of benzene rings is 1. The van der Waals surface area contributed by atoms with Crippen LogP contribution in [0.15, 0.2) is 18.2 Å². The number of hydrogen-bond acceptors (Lipinski definition) is 5. The molecule has 0 radical (unpaired) electrons. The van der Waals surface area contributed by atoms with Crippen LogP contribution in [0, 0.1) is 10.1 Å². The van der Waals surface area contributed by atoms with Gasteiger partial charge in [0, 0.05) is 25.8 Å². The number of nitrogens with one attached hydrogen (secondary N) is 1. The fourth-order valence-corrected chi connectivity index (χ4v) is 2.59. The topological polar surface area (TPSA) is 73.6 Å². The number of rotatable bonds is 6. The molecule has 1 saturated carbocycles. The van der Waals surface area contributed by atoms with E-state index in [2.05, 4.69) is 5.32 Å². The minimum absolute atomic E-state index is 0.00740. The van der Waals surface area contributed by atoms with E-state index >= 15 is 0 Å². The molecule has 0 spiro atoms. The SMILES string of the molecule is COc1ccc(CNC2CCC(OC)C2)cc1[N+](=O)[O-]. The molecule has 2 atom stereocenters. The molecule has 0 amide bonds. The van der Waals surface area contributed by atoms with Crippen LogP contribution < -0.4 is 10.1 Å². The Hall–Kier alpha value is -1.66. The molecule has 1 aliphatic carbocycles. The normalized spacial score (nSPS) is 21.9. The molecule has 2 rings (SSSR count). The van der Waals surface area contributed by atoms with E-state index in [0.717, 1.165) is 24.8 Å². The summed E-state index contributed by atoms with van der Waals surface area (Å²) >= 11 is 0. The lowest BCUT2D eigenvalue weighted by Crippen LogP contribution is -2.26. The molecule has 1 aromatic rings. The van der Waals surface area contributed by atoms with Crippen molar-refractivity contribution in [1.29, 1.82) is 0 Å². The largest absolute Gasteiger partial charge is 0.490 e. The highest BCUT2D eigenvalue weighted by molar-refractivity contribution is 5.48. The zero-order chi connectivity index (χ0) is 14.5. The highest BCUT2D eigenvalue weighted by atomic mass is 16.6. The smallest absolute Gasteiger partial charge is 0.311 e. The van der Waals surface area contributed by atoms with Gasteiger partial charge in [0.05, 0.1) is 18.1 Å². The van der Waals surface area contributed by atoms with Gasteiger partial charge in [-0.15, -0.1) is 0 Å². The maximum Gasteiger partial charge on any atom is 0.311 e. The highest BCUT2D eigenvalue weighted by Gasteiger charge is 2.24. The average Bonchev–Trinajstić information content (AvgIpc) is 2.92. The monoisotopic (exact) mass is 280 g/mol. The molecule has 0 bridgehead atoms. The first-order valence-corrected chi connectivity index (χ1v) is 6.71. The lowest BCUT2D eigenvalue weighted by molar-refractivity contribution is -0.385. The van der Waals surface area contributed by atoms with Crippen molar-refractivity contribution in [2.45, 2.75) is 38.0 Å². The van der Waals surface area contributed by atoms with Gasteiger partial charge in [0.1, 0.15) is 0 Å². The van der Waals surface area contributed by atoms with E-state index in [1.165, 1.54) is 7.11 Å². The Kier molecular flexibility index (Phi) is 4.92. The third-order valence-electron chi connectivity index (χ3n) is 3.75. The Bertz CT molecular complexity index is 478. The fraction of sp³-hybridized carbons (Fsp3) is 0.571. The Morgan fingerprint density at radius 3 is 2.80 bits per heavy atom. The molecule has 2 unspecified atom stereocenters. The number of ether oxygens (including phenoxy) is 2. The lowest BCUT2D eigenvalue weighted by atomic mass is 10.1. The second-order valence-corrected chi connectivity index (χ2v) is 5.01. The van der Waals surface area contributed by atoms with E-state index in [4.69, 9.17) is 9.47 Å². The number of nitrogens with zero attached hydrogens (tertiary/aromatic N) is 1. The summed E-state index contributed by atoms with van der Waals surface area (Å²) in [5.74, 6) is 0.291. The van der Waals surface area contributed by atoms with Crippen LogP contribution in [0.1, 0.15) is 24.8 Å². The molecule has 1 aromatic carbocycles. The molecule has 1 N–H and O–H groups in total. The van der Waals surface area contributed by atoms with Gasteiger partial charge in [-0.2, -0.15) is 0 Å². The summed E-state index contributed by atoms with van der Waals surface area (Å²) in [6.45, 7) is 0.617. The summed E-state index contributed by atoms with van der Waals surface area (Å²) in [7, 11) is 3.17. The van der Waals surface area contributed by atoms with E-state index in [-0.39, 0.29) is 5.69 Å². The molecular formula is C14H20N2O4. The molecular weight excluding hydrogens is 260 g/mol. The Morgan fingerprint density at radius 1 is 1.40 bits per heavy atom. The highest BCUT2D eigenvalue weighted by Crippen LogP contribution is 2.28. The van der Waals surface area contributed by atoms with Gasteiger partial charge in [-0.1, -0.05) is 6.07 Å². The molecule has 110 valence electrons. The molecule has 1 aliphatic rings. The third-order valence-corrected chi connectivity index (χ3v) is 3.75. The van der Waals surface area contributed by atoms with Crippen molar-refractivity contribution in [2.75, 3.05) is 14.2 Å². The third kappa shape index (κ3) is 3.46. The molecule has 6 nitrogen and oxygen atoms in total. The zero-order valence-corrected chi connectivity index (χ0v) is 11.8. The summed E-state index contributed by atoms with van der Waals surface area (Å²) in [6, 6.07) is 5.47. The number of methoxy groups -OCH3 is 2. The molecule has 1 fully saturated rings. The van der Waals surface area contributed by atoms with Crippen LogP contribution in [-0.2, 0) is 11.3 Å². The van der Waals surface area contributed by atoms with Gasteiger partial charge in [-0.25, -0.2) is 0 Å². The van der Waals surface area contributed by atoms with E-state index < -0.39 is 4.92 Å². The van der Waals surface area contributed by atoms with E-state index in [9.17, 15) is 10.1 Å². The van der Waals surface area contributed by atoms with Crippen LogP contribution in [0.4, 0.5) is 5.69 Å². The van der Waals surface area contributed by atoms with Gasteiger partial charge < -0.3 is 14.8 Å². The molecule has 6 heteroatoms. The van der Waals surface area contributed by atoms with Crippen molar-refractivity contribution < 1.29 is 14.4 Å². The molecule has 20 heavy (non-hydrogen) atoms. The van der Waals surface area contributed by atoms with Crippen LogP contribution in [0.25, 0.3) is 0 Å². The Labute approximate surface area is 118 Å². The second-order valence-electron chi connectivity index (χ2n) is 5.01. The van der Waals surface area contributed by atoms with E-state index in [1.54, 1.807) is 19.2 Å². The summed E-state index contributed by atoms with van der Waals surface area (Å²) in [4.78, 5) is 10.5. The van der Waals surface area contributed by atoms with Crippen molar-refractivity contribution in [3.8, 4) is 5.75 Å². The van der Waals surface area contributed by atoms with Crippen molar-refractivity contribution in [3.63, 3.8) is 0 Å². The minimum Gasteiger partial charge on any atom is -0.490 e. The van der Waals surface area contributed by atoms with Crippen LogP contribution >= 0.6 is 0 Å². The number of nitro groups is 1. The first-order valence-electron chi connectivity index (χ1n) is 6.71. The van der Waals surface area contributed by atoms with Crippen LogP contribution in [0.3, 0.4) is 0 Å². The van der Waals surface area contributed by atoms with Crippen molar-refractivity contribution in [3.05, 3.63) is 33.9 Å². The average molecular weight is 280 g/mol. The number of hydrogen-bond donors (Lipinski definition) is 1. The zero-order valence-electron chi connectivity index (χ0n) is 11.8. The molecule has 0 aromatic heterocycles.